The van der Waals surface area contributed by atoms with Gasteiger partial charge in [-0.2, -0.15) is 0 Å². The fourth-order valence-corrected chi connectivity index (χ4v) is 3.27. The molecule has 0 aliphatic rings. The first-order valence-electron chi connectivity index (χ1n) is 8.26. The van der Waals surface area contributed by atoms with Gasteiger partial charge in [-0.05, 0) is 26.5 Å². The highest BCUT2D eigenvalue weighted by atomic mass is 32.1. The molecule has 2 aromatic heterocycles. The third kappa shape index (κ3) is 4.96. The van der Waals surface area contributed by atoms with Crippen LogP contribution in [-0.2, 0) is 19.6 Å². The lowest BCUT2D eigenvalue weighted by molar-refractivity contribution is 0.0950. The summed E-state index contributed by atoms with van der Waals surface area (Å²) in [6, 6.07) is 9.96. The Morgan fingerprint density at radius 1 is 1.19 bits per heavy atom. The summed E-state index contributed by atoms with van der Waals surface area (Å²) in [6.45, 7) is 5.61. The number of nitrogens with one attached hydrogen (secondary N) is 1. The second kappa shape index (κ2) is 8.20. The minimum Gasteiger partial charge on any atom is -0.361 e. The Balaban J connectivity index is 1.51. The van der Waals surface area contributed by atoms with Crippen molar-refractivity contribution in [3.05, 3.63) is 62.9 Å². The minimum absolute atomic E-state index is 0.205. The molecule has 0 aliphatic heterocycles. The van der Waals surface area contributed by atoms with Crippen LogP contribution >= 0.6 is 11.3 Å². The molecule has 0 spiro atoms. The summed E-state index contributed by atoms with van der Waals surface area (Å²) >= 11 is 1.30. The van der Waals surface area contributed by atoms with Gasteiger partial charge in [0.05, 0.1) is 12.2 Å². The second-order valence-corrected chi connectivity index (χ2v) is 7.33. The SMILES string of the molecule is Cc1ccc(CNC(=O)c2nnc(CN(C)Cc3cc(C)on3)s2)cc1. The number of benzene rings is 1. The Hall–Kier alpha value is -2.58. The van der Waals surface area contributed by atoms with Crippen molar-refractivity contribution >= 4 is 17.2 Å². The van der Waals surface area contributed by atoms with Crippen LogP contribution in [0.3, 0.4) is 0 Å². The van der Waals surface area contributed by atoms with Gasteiger partial charge in [-0.15, -0.1) is 10.2 Å². The maximum absolute atomic E-state index is 12.2. The summed E-state index contributed by atoms with van der Waals surface area (Å²) in [6.07, 6.45) is 0. The highest BCUT2D eigenvalue weighted by molar-refractivity contribution is 7.13. The monoisotopic (exact) mass is 371 g/mol. The van der Waals surface area contributed by atoms with Crippen LogP contribution in [0.5, 0.6) is 0 Å². The normalized spacial score (nSPS) is 11.1. The third-order valence-corrected chi connectivity index (χ3v) is 4.66. The van der Waals surface area contributed by atoms with Gasteiger partial charge in [-0.25, -0.2) is 0 Å². The van der Waals surface area contributed by atoms with Crippen LogP contribution in [0.1, 0.15) is 37.4 Å². The van der Waals surface area contributed by atoms with Crippen molar-refractivity contribution in [1.82, 2.24) is 25.6 Å². The van der Waals surface area contributed by atoms with Crippen molar-refractivity contribution in [3.63, 3.8) is 0 Å². The van der Waals surface area contributed by atoms with E-state index in [1.165, 1.54) is 16.9 Å². The predicted molar refractivity (Wildman–Crippen MR) is 98.7 cm³/mol. The van der Waals surface area contributed by atoms with Gasteiger partial charge in [0.1, 0.15) is 10.8 Å². The number of hydrogen-bond donors (Lipinski definition) is 1. The Bertz CT molecular complexity index is 872. The molecule has 0 fully saturated rings. The second-order valence-electron chi connectivity index (χ2n) is 6.27. The standard InChI is InChI=1S/C18H21N5O2S/c1-12-4-6-14(7-5-12)9-19-17(24)18-21-20-16(26-18)11-23(3)10-15-8-13(2)25-22-15/h4-8H,9-11H2,1-3H3,(H,19,24). The van der Waals surface area contributed by atoms with E-state index >= 15 is 0 Å². The number of hydrogen-bond acceptors (Lipinski definition) is 7. The van der Waals surface area contributed by atoms with E-state index in [0.717, 1.165) is 22.0 Å². The Morgan fingerprint density at radius 2 is 1.96 bits per heavy atom. The van der Waals surface area contributed by atoms with Crippen molar-refractivity contribution in [2.75, 3.05) is 7.05 Å². The lowest BCUT2D eigenvalue weighted by atomic mass is 10.1. The molecule has 2 heterocycles. The van der Waals surface area contributed by atoms with Crippen molar-refractivity contribution in [1.29, 1.82) is 0 Å². The molecular weight excluding hydrogens is 350 g/mol. The van der Waals surface area contributed by atoms with E-state index in [1.54, 1.807) is 0 Å². The topological polar surface area (TPSA) is 84.2 Å². The summed E-state index contributed by atoms with van der Waals surface area (Å²) in [5.41, 5.74) is 3.11. The first-order chi connectivity index (χ1) is 12.5. The van der Waals surface area contributed by atoms with Gasteiger partial charge in [-0.3, -0.25) is 9.69 Å². The molecule has 0 radical (unpaired) electrons. The summed E-state index contributed by atoms with van der Waals surface area (Å²) in [5, 5.41) is 16.1. The molecule has 1 amide bonds. The highest BCUT2D eigenvalue weighted by Crippen LogP contribution is 2.14. The molecule has 0 bridgehead atoms. The highest BCUT2D eigenvalue weighted by Gasteiger charge is 2.14. The van der Waals surface area contributed by atoms with Crippen molar-refractivity contribution in [3.8, 4) is 0 Å². The summed E-state index contributed by atoms with van der Waals surface area (Å²) in [4.78, 5) is 14.3. The molecule has 7 nitrogen and oxygen atoms in total. The van der Waals surface area contributed by atoms with Gasteiger partial charge in [0, 0.05) is 19.2 Å². The summed E-state index contributed by atoms with van der Waals surface area (Å²) in [7, 11) is 1.96. The Kier molecular flexibility index (Phi) is 5.75. The first kappa shape index (κ1) is 18.2. The smallest absolute Gasteiger partial charge is 0.282 e. The van der Waals surface area contributed by atoms with Gasteiger partial charge in [0.25, 0.3) is 5.91 Å². The van der Waals surface area contributed by atoms with Gasteiger partial charge in [0.15, 0.2) is 0 Å². The molecule has 0 saturated carbocycles. The quantitative estimate of drug-likeness (QED) is 0.687. The third-order valence-electron chi connectivity index (χ3n) is 3.75. The number of carbonyl (C=O) groups excluding carboxylic acids is 1. The predicted octanol–water partition coefficient (Wildman–Crippen LogP) is 2.70. The van der Waals surface area contributed by atoms with E-state index in [2.05, 4.69) is 20.7 Å². The number of aromatic nitrogens is 3. The minimum atomic E-state index is -0.205. The van der Waals surface area contributed by atoms with Gasteiger partial charge >= 0.3 is 0 Å². The average molecular weight is 371 g/mol. The molecule has 0 unspecified atom stereocenters. The fraction of sp³-hybridized carbons (Fsp3) is 0.333. The molecule has 3 aromatic rings. The van der Waals surface area contributed by atoms with E-state index in [-0.39, 0.29) is 5.91 Å². The molecular formula is C18H21N5O2S. The Morgan fingerprint density at radius 3 is 2.65 bits per heavy atom. The van der Waals surface area contributed by atoms with Crippen LogP contribution in [0.25, 0.3) is 0 Å². The van der Waals surface area contributed by atoms with Crippen molar-refractivity contribution < 1.29 is 9.32 Å². The molecule has 0 aliphatic carbocycles. The fourth-order valence-electron chi connectivity index (χ4n) is 2.43. The van der Waals surface area contributed by atoms with Crippen LogP contribution in [0, 0.1) is 13.8 Å². The van der Waals surface area contributed by atoms with Crippen molar-refractivity contribution in [2.45, 2.75) is 33.5 Å². The maximum Gasteiger partial charge on any atom is 0.282 e. The molecule has 8 heteroatoms. The maximum atomic E-state index is 12.2. The molecule has 0 saturated heterocycles. The van der Waals surface area contributed by atoms with E-state index < -0.39 is 0 Å². The van der Waals surface area contributed by atoms with E-state index in [0.29, 0.717) is 24.6 Å². The van der Waals surface area contributed by atoms with E-state index in [1.807, 2.05) is 56.1 Å². The Labute approximate surface area is 156 Å². The molecule has 1 N–H and O–H groups in total. The number of rotatable bonds is 7. The largest absolute Gasteiger partial charge is 0.361 e. The lowest BCUT2D eigenvalue weighted by Crippen LogP contribution is -2.22. The van der Waals surface area contributed by atoms with Gasteiger partial charge < -0.3 is 9.84 Å². The van der Waals surface area contributed by atoms with Crippen LogP contribution in [0.15, 0.2) is 34.9 Å². The van der Waals surface area contributed by atoms with Gasteiger partial charge in [0.2, 0.25) is 5.01 Å². The zero-order chi connectivity index (χ0) is 18.5. The first-order valence-corrected chi connectivity index (χ1v) is 9.08. The summed E-state index contributed by atoms with van der Waals surface area (Å²) in [5.74, 6) is 0.584. The number of amides is 1. The van der Waals surface area contributed by atoms with Crippen LogP contribution in [0.4, 0.5) is 0 Å². The van der Waals surface area contributed by atoms with Crippen LogP contribution in [0.2, 0.25) is 0 Å². The van der Waals surface area contributed by atoms with E-state index in [9.17, 15) is 4.79 Å². The van der Waals surface area contributed by atoms with Crippen LogP contribution in [-0.4, -0.2) is 33.2 Å². The van der Waals surface area contributed by atoms with Gasteiger partial charge in [-0.1, -0.05) is 46.3 Å². The van der Waals surface area contributed by atoms with Crippen LogP contribution < -0.4 is 5.32 Å². The summed E-state index contributed by atoms with van der Waals surface area (Å²) < 4.78 is 5.07. The molecule has 136 valence electrons. The molecule has 3 rings (SSSR count). The number of nitrogens with zero attached hydrogens (tertiary/aromatic N) is 4. The molecule has 1 aromatic carbocycles. The number of carbonyl (C=O) groups is 1. The van der Waals surface area contributed by atoms with E-state index in [4.69, 9.17) is 4.52 Å². The zero-order valence-corrected chi connectivity index (χ0v) is 15.8. The average Bonchev–Trinajstić information content (AvgIpc) is 3.23. The van der Waals surface area contributed by atoms with Crippen molar-refractivity contribution in [2.24, 2.45) is 0 Å². The molecule has 0 atom stereocenters. The molecule has 26 heavy (non-hydrogen) atoms. The zero-order valence-electron chi connectivity index (χ0n) is 15.0. The number of aryl methyl sites for hydroxylation is 2. The lowest BCUT2D eigenvalue weighted by Gasteiger charge is -2.11.